The first-order valence-corrected chi connectivity index (χ1v) is 9.86. The summed E-state index contributed by atoms with van der Waals surface area (Å²) in [5.41, 5.74) is 2.10. The van der Waals surface area contributed by atoms with Gasteiger partial charge in [0.1, 0.15) is 21.5 Å². The van der Waals surface area contributed by atoms with Crippen LogP contribution >= 0.6 is 22.7 Å². The normalized spacial score (nSPS) is 10.9. The summed E-state index contributed by atoms with van der Waals surface area (Å²) in [6.45, 7) is 3.66. The van der Waals surface area contributed by atoms with E-state index in [-0.39, 0.29) is 11.7 Å². The zero-order chi connectivity index (χ0) is 19.0. The van der Waals surface area contributed by atoms with Gasteiger partial charge in [0.15, 0.2) is 0 Å². The minimum atomic E-state index is -0.324. The second-order valence-corrected chi connectivity index (χ2v) is 7.87. The number of hydrogen-bond acceptors (Lipinski definition) is 5. The molecule has 0 spiro atoms. The van der Waals surface area contributed by atoms with Gasteiger partial charge in [-0.25, -0.2) is 14.1 Å². The number of carbonyl (C=O) groups excluding carboxylic acids is 1. The molecule has 0 bridgehead atoms. The lowest BCUT2D eigenvalue weighted by atomic mass is 10.3. The number of anilines is 1. The molecule has 4 aromatic rings. The highest BCUT2D eigenvalue weighted by Crippen LogP contribution is 2.31. The molecule has 0 atom stereocenters. The molecular weight excluding hydrogens is 383 g/mol. The van der Waals surface area contributed by atoms with Gasteiger partial charge in [0.05, 0.1) is 22.0 Å². The van der Waals surface area contributed by atoms with E-state index in [0.717, 1.165) is 15.6 Å². The van der Waals surface area contributed by atoms with E-state index in [1.54, 1.807) is 34.2 Å². The third kappa shape index (κ3) is 3.54. The molecule has 0 fully saturated rings. The lowest BCUT2D eigenvalue weighted by Gasteiger charge is -2.08. The first-order chi connectivity index (χ1) is 13.0. The average molecular weight is 398 g/mol. The molecule has 0 unspecified atom stereocenters. The Morgan fingerprint density at radius 3 is 2.67 bits per heavy atom. The molecule has 1 N–H and O–H groups in total. The minimum Gasteiger partial charge on any atom is -0.306 e. The van der Waals surface area contributed by atoms with Crippen LogP contribution in [0.15, 0.2) is 47.8 Å². The van der Waals surface area contributed by atoms with Gasteiger partial charge in [-0.3, -0.25) is 4.79 Å². The summed E-state index contributed by atoms with van der Waals surface area (Å²) in [6, 6.07) is 11.7. The molecule has 0 saturated heterocycles. The number of aromatic nitrogens is 3. The molecule has 0 aliphatic rings. The summed E-state index contributed by atoms with van der Waals surface area (Å²) in [5.74, 6) is -0.0414. The molecule has 1 aromatic carbocycles. The number of rotatable bonds is 4. The van der Waals surface area contributed by atoms with Crippen molar-refractivity contribution in [1.29, 1.82) is 0 Å². The van der Waals surface area contributed by atoms with Gasteiger partial charge < -0.3 is 5.32 Å². The minimum absolute atomic E-state index is 0.240. The number of benzene rings is 1. The molecule has 27 heavy (non-hydrogen) atoms. The van der Waals surface area contributed by atoms with Gasteiger partial charge in [-0.2, -0.15) is 5.10 Å². The van der Waals surface area contributed by atoms with Gasteiger partial charge in [0.2, 0.25) is 0 Å². The highest BCUT2D eigenvalue weighted by Gasteiger charge is 2.19. The number of aryl methyl sites for hydroxylation is 2. The lowest BCUT2D eigenvalue weighted by Crippen LogP contribution is -2.15. The van der Waals surface area contributed by atoms with E-state index in [0.29, 0.717) is 22.1 Å². The summed E-state index contributed by atoms with van der Waals surface area (Å²) in [7, 11) is 0. The van der Waals surface area contributed by atoms with E-state index in [9.17, 15) is 9.18 Å². The summed E-state index contributed by atoms with van der Waals surface area (Å²) < 4.78 is 14.8. The standard InChI is InChI=1S/C19H15FN4OS2/c1-11-10-16(24(23-11)14-7-5-13(20)6-8-14)22-18(25)17-12(2)21-19(27-17)15-4-3-9-26-15/h3-10H,1-2H3,(H,22,25). The van der Waals surface area contributed by atoms with Crippen LogP contribution in [0.4, 0.5) is 10.2 Å². The van der Waals surface area contributed by atoms with Crippen molar-refractivity contribution in [3.05, 3.63) is 69.9 Å². The van der Waals surface area contributed by atoms with Crippen LogP contribution in [-0.4, -0.2) is 20.7 Å². The van der Waals surface area contributed by atoms with Gasteiger partial charge in [0.25, 0.3) is 5.91 Å². The number of amides is 1. The maximum Gasteiger partial charge on any atom is 0.268 e. The quantitative estimate of drug-likeness (QED) is 0.522. The molecular formula is C19H15FN4OS2. The zero-order valence-corrected chi connectivity index (χ0v) is 16.2. The largest absolute Gasteiger partial charge is 0.306 e. The second-order valence-electron chi connectivity index (χ2n) is 5.92. The lowest BCUT2D eigenvalue weighted by molar-refractivity contribution is 0.102. The van der Waals surface area contributed by atoms with Crippen molar-refractivity contribution in [2.75, 3.05) is 5.32 Å². The Bertz CT molecular complexity index is 1100. The number of thiazole rings is 1. The van der Waals surface area contributed by atoms with Crippen LogP contribution in [0.5, 0.6) is 0 Å². The summed E-state index contributed by atoms with van der Waals surface area (Å²) in [4.78, 5) is 18.9. The third-order valence-electron chi connectivity index (χ3n) is 3.88. The van der Waals surface area contributed by atoms with Crippen LogP contribution in [0, 0.1) is 19.7 Å². The van der Waals surface area contributed by atoms with Crippen LogP contribution < -0.4 is 5.32 Å². The zero-order valence-electron chi connectivity index (χ0n) is 14.6. The van der Waals surface area contributed by atoms with Gasteiger partial charge >= 0.3 is 0 Å². The summed E-state index contributed by atoms with van der Waals surface area (Å²) in [5, 5.41) is 10.1. The Balaban J connectivity index is 1.63. The van der Waals surface area contributed by atoms with E-state index in [4.69, 9.17) is 0 Å². The topological polar surface area (TPSA) is 59.8 Å². The predicted molar refractivity (Wildman–Crippen MR) is 106 cm³/mol. The van der Waals surface area contributed by atoms with E-state index in [1.165, 1.54) is 23.5 Å². The van der Waals surface area contributed by atoms with Crippen molar-refractivity contribution in [1.82, 2.24) is 14.8 Å². The van der Waals surface area contributed by atoms with Crippen LogP contribution in [0.25, 0.3) is 15.6 Å². The van der Waals surface area contributed by atoms with Gasteiger partial charge in [-0.05, 0) is 49.6 Å². The Morgan fingerprint density at radius 1 is 1.19 bits per heavy atom. The SMILES string of the molecule is Cc1cc(NC(=O)c2sc(-c3cccs3)nc2C)n(-c2ccc(F)cc2)n1. The average Bonchev–Trinajstić information content (AvgIpc) is 3.36. The van der Waals surface area contributed by atoms with Crippen molar-refractivity contribution in [3.8, 4) is 15.6 Å². The number of thiophene rings is 1. The van der Waals surface area contributed by atoms with Crippen LogP contribution in [0.1, 0.15) is 21.1 Å². The van der Waals surface area contributed by atoms with E-state index in [2.05, 4.69) is 15.4 Å². The first-order valence-electron chi connectivity index (χ1n) is 8.16. The molecule has 0 aliphatic carbocycles. The molecule has 4 rings (SSSR count). The molecule has 136 valence electrons. The maximum atomic E-state index is 13.2. The van der Waals surface area contributed by atoms with Crippen LogP contribution in [0.3, 0.4) is 0 Å². The molecule has 0 aliphatic heterocycles. The first kappa shape index (κ1) is 17.6. The second kappa shape index (κ2) is 7.05. The Morgan fingerprint density at radius 2 is 1.96 bits per heavy atom. The number of hydrogen-bond donors (Lipinski definition) is 1. The van der Waals surface area contributed by atoms with Crippen molar-refractivity contribution >= 4 is 34.4 Å². The smallest absolute Gasteiger partial charge is 0.268 e. The molecule has 3 heterocycles. The third-order valence-corrected chi connectivity index (χ3v) is 6.07. The molecule has 0 radical (unpaired) electrons. The highest BCUT2D eigenvalue weighted by atomic mass is 32.1. The van der Waals surface area contributed by atoms with Gasteiger partial charge in [-0.15, -0.1) is 22.7 Å². The Hall–Kier alpha value is -2.84. The number of carbonyl (C=O) groups is 1. The van der Waals surface area contributed by atoms with Crippen molar-refractivity contribution in [2.45, 2.75) is 13.8 Å². The Kier molecular flexibility index (Phi) is 4.59. The van der Waals surface area contributed by atoms with E-state index < -0.39 is 0 Å². The van der Waals surface area contributed by atoms with Gasteiger partial charge in [-0.1, -0.05) is 6.07 Å². The van der Waals surface area contributed by atoms with Crippen molar-refractivity contribution in [2.24, 2.45) is 0 Å². The summed E-state index contributed by atoms with van der Waals surface area (Å²) >= 11 is 2.95. The molecule has 8 heteroatoms. The molecule has 1 amide bonds. The molecule has 0 saturated carbocycles. The number of nitrogens with one attached hydrogen (secondary N) is 1. The highest BCUT2D eigenvalue weighted by molar-refractivity contribution is 7.22. The molecule has 5 nitrogen and oxygen atoms in total. The van der Waals surface area contributed by atoms with E-state index >= 15 is 0 Å². The van der Waals surface area contributed by atoms with E-state index in [1.807, 2.05) is 31.4 Å². The number of nitrogens with zero attached hydrogens (tertiary/aromatic N) is 3. The predicted octanol–water partition coefficient (Wildman–Crippen LogP) is 5.07. The fourth-order valence-corrected chi connectivity index (χ4v) is 4.41. The summed E-state index contributed by atoms with van der Waals surface area (Å²) in [6.07, 6.45) is 0. The van der Waals surface area contributed by atoms with Crippen LogP contribution in [0.2, 0.25) is 0 Å². The molecule has 3 aromatic heterocycles. The van der Waals surface area contributed by atoms with Crippen molar-refractivity contribution in [3.63, 3.8) is 0 Å². The van der Waals surface area contributed by atoms with Gasteiger partial charge in [0, 0.05) is 6.07 Å². The fraction of sp³-hybridized carbons (Fsp3) is 0.105. The number of halogens is 1. The van der Waals surface area contributed by atoms with Crippen LogP contribution in [-0.2, 0) is 0 Å². The monoisotopic (exact) mass is 398 g/mol. The fourth-order valence-electron chi connectivity index (χ4n) is 2.65. The van der Waals surface area contributed by atoms with Crippen molar-refractivity contribution < 1.29 is 9.18 Å². The Labute approximate surface area is 163 Å². The maximum absolute atomic E-state index is 13.2.